The van der Waals surface area contributed by atoms with Crippen LogP contribution in [0.15, 0.2) is 40.3 Å². The van der Waals surface area contributed by atoms with Gasteiger partial charge in [-0.3, -0.25) is 9.98 Å². The van der Waals surface area contributed by atoms with Gasteiger partial charge < -0.3 is 15.4 Å². The Bertz CT molecular complexity index is 1200. The van der Waals surface area contributed by atoms with Gasteiger partial charge in [0.15, 0.2) is 0 Å². The zero-order valence-corrected chi connectivity index (χ0v) is 18.8. The molecule has 1 fully saturated rings. The number of carbonyl (C=O) groups excluding carboxylic acids is 1. The quantitative estimate of drug-likeness (QED) is 0.670. The number of halogens is 1. The second-order valence-electron chi connectivity index (χ2n) is 7.45. The third-order valence-electron chi connectivity index (χ3n) is 5.30. The summed E-state index contributed by atoms with van der Waals surface area (Å²) in [5.41, 5.74) is 7.82. The summed E-state index contributed by atoms with van der Waals surface area (Å²) in [5, 5.41) is 15.3. The SMILES string of the molecule is CN=C(C(C)=CN)c1nc(OC2CN(C(=O)N3N=CC[C@H]3c3cncc(F)c3)C2)sc1C#N. The van der Waals surface area contributed by atoms with Crippen molar-refractivity contribution < 1.29 is 13.9 Å². The summed E-state index contributed by atoms with van der Waals surface area (Å²) in [6.07, 6.45) is 5.91. The predicted molar refractivity (Wildman–Crippen MR) is 121 cm³/mol. The average Bonchev–Trinajstić information content (AvgIpc) is 3.43. The van der Waals surface area contributed by atoms with Gasteiger partial charge in [-0.25, -0.2) is 14.2 Å². The van der Waals surface area contributed by atoms with Crippen LogP contribution in [0.3, 0.4) is 0 Å². The highest BCUT2D eigenvalue weighted by Crippen LogP contribution is 2.32. The Morgan fingerprint density at radius 2 is 2.24 bits per heavy atom. The number of aromatic nitrogens is 2. The summed E-state index contributed by atoms with van der Waals surface area (Å²) in [4.78, 5) is 27.3. The van der Waals surface area contributed by atoms with E-state index in [1.165, 1.54) is 23.5 Å². The molecule has 1 atom stereocenters. The van der Waals surface area contributed by atoms with Gasteiger partial charge in [0.05, 0.1) is 31.0 Å². The van der Waals surface area contributed by atoms with Crippen LogP contribution < -0.4 is 10.5 Å². The van der Waals surface area contributed by atoms with Crippen LogP contribution in [0.25, 0.3) is 0 Å². The zero-order valence-electron chi connectivity index (χ0n) is 18.0. The maximum atomic E-state index is 13.6. The number of thiazole rings is 1. The smallest absolute Gasteiger partial charge is 0.341 e. The van der Waals surface area contributed by atoms with Crippen LogP contribution in [0, 0.1) is 17.1 Å². The summed E-state index contributed by atoms with van der Waals surface area (Å²) >= 11 is 1.12. The molecule has 0 spiro atoms. The average molecular weight is 469 g/mol. The van der Waals surface area contributed by atoms with Crippen LogP contribution in [-0.2, 0) is 0 Å². The first-order valence-electron chi connectivity index (χ1n) is 10.1. The summed E-state index contributed by atoms with van der Waals surface area (Å²) in [6.45, 7) is 2.46. The minimum absolute atomic E-state index is 0.270. The number of nitrogens with zero attached hydrogens (tertiary/aromatic N) is 7. The lowest BCUT2D eigenvalue weighted by Gasteiger charge is -2.40. The lowest BCUT2D eigenvalue weighted by Crippen LogP contribution is -2.58. The lowest BCUT2D eigenvalue weighted by molar-refractivity contribution is 0.0275. The number of ether oxygens (including phenoxy) is 1. The first kappa shape index (κ1) is 22.3. The maximum absolute atomic E-state index is 13.6. The van der Waals surface area contributed by atoms with E-state index in [4.69, 9.17) is 10.5 Å². The van der Waals surface area contributed by atoms with E-state index in [0.717, 1.165) is 17.5 Å². The number of likely N-dealkylation sites (tertiary alicyclic amines) is 1. The Morgan fingerprint density at radius 3 is 2.91 bits per heavy atom. The molecule has 170 valence electrons. The van der Waals surface area contributed by atoms with Crippen LogP contribution in [0.5, 0.6) is 5.19 Å². The summed E-state index contributed by atoms with van der Waals surface area (Å²) in [6, 6.07) is 2.78. The normalized spacial score (nSPS) is 18.9. The van der Waals surface area contributed by atoms with Crippen molar-refractivity contribution in [2.75, 3.05) is 20.1 Å². The predicted octanol–water partition coefficient (Wildman–Crippen LogP) is 2.45. The molecule has 2 N–H and O–H groups in total. The molecule has 2 aromatic heterocycles. The number of hydrazone groups is 1. The number of pyridine rings is 1. The summed E-state index contributed by atoms with van der Waals surface area (Å²) in [5.74, 6) is -0.461. The van der Waals surface area contributed by atoms with Crippen LogP contribution in [0.4, 0.5) is 9.18 Å². The molecule has 33 heavy (non-hydrogen) atoms. The van der Waals surface area contributed by atoms with Gasteiger partial charge in [0.2, 0.25) is 0 Å². The maximum Gasteiger partial charge on any atom is 0.341 e. The van der Waals surface area contributed by atoms with E-state index < -0.39 is 11.9 Å². The third-order valence-corrected chi connectivity index (χ3v) is 6.15. The second-order valence-corrected chi connectivity index (χ2v) is 8.41. The molecule has 0 bridgehead atoms. The first-order valence-corrected chi connectivity index (χ1v) is 10.9. The van der Waals surface area contributed by atoms with Crippen molar-refractivity contribution in [1.82, 2.24) is 19.9 Å². The van der Waals surface area contributed by atoms with E-state index >= 15 is 0 Å². The largest absolute Gasteiger partial charge is 0.463 e. The highest BCUT2D eigenvalue weighted by molar-refractivity contribution is 7.14. The number of aliphatic imine (C=N–C) groups is 1. The molecule has 0 aromatic carbocycles. The fraction of sp³-hybridized carbons (Fsp3) is 0.333. The fourth-order valence-electron chi connectivity index (χ4n) is 3.58. The number of amides is 2. The molecule has 0 radical (unpaired) electrons. The van der Waals surface area contributed by atoms with E-state index in [-0.39, 0.29) is 12.1 Å². The van der Waals surface area contributed by atoms with E-state index in [9.17, 15) is 14.4 Å². The van der Waals surface area contributed by atoms with E-state index in [1.54, 1.807) is 25.1 Å². The van der Waals surface area contributed by atoms with E-state index in [1.807, 2.05) is 0 Å². The zero-order chi connectivity index (χ0) is 23.5. The Kier molecular flexibility index (Phi) is 6.32. The number of hydrogen-bond acceptors (Lipinski definition) is 9. The van der Waals surface area contributed by atoms with E-state index in [0.29, 0.717) is 52.1 Å². The van der Waals surface area contributed by atoms with Crippen LogP contribution >= 0.6 is 11.3 Å². The Hall–Kier alpha value is -3.85. The molecule has 0 saturated carbocycles. The number of nitrogens with two attached hydrogens (primary N) is 1. The van der Waals surface area contributed by atoms with Gasteiger partial charge in [-0.15, -0.1) is 0 Å². The molecule has 0 aliphatic carbocycles. The van der Waals surface area contributed by atoms with E-state index in [2.05, 4.69) is 26.1 Å². The topological polar surface area (TPSA) is 133 Å². The number of urea groups is 1. The highest BCUT2D eigenvalue weighted by atomic mass is 32.1. The van der Waals surface area contributed by atoms with Crippen molar-refractivity contribution >= 4 is 29.3 Å². The molecule has 2 aromatic rings. The van der Waals surface area contributed by atoms with Crippen molar-refractivity contribution in [2.45, 2.75) is 25.5 Å². The fourth-order valence-corrected chi connectivity index (χ4v) is 4.36. The first-order chi connectivity index (χ1) is 15.9. The molecule has 1 saturated heterocycles. The third kappa shape index (κ3) is 4.40. The second kappa shape index (κ2) is 9.33. The van der Waals surface area contributed by atoms with Gasteiger partial charge in [-0.1, -0.05) is 11.3 Å². The molecule has 10 nitrogen and oxygen atoms in total. The standard InChI is InChI=1S/C21H21FN8O2S/c1-12(6-23)18(25-2)19-17(7-24)33-20(28-19)32-15-10-29(11-15)21(31)30-16(3-4-27-30)13-5-14(22)9-26-8-13/h4-6,8-9,15-16H,3,10-11,23H2,1-2H3/t16-/m0/s1. The van der Waals surface area contributed by atoms with Crippen molar-refractivity contribution in [2.24, 2.45) is 15.8 Å². The van der Waals surface area contributed by atoms with Crippen LogP contribution in [0.1, 0.15) is 35.5 Å². The number of rotatable bonds is 5. The number of carbonyl (C=O) groups is 1. The van der Waals surface area contributed by atoms with Crippen LogP contribution in [0.2, 0.25) is 0 Å². The molecule has 2 amide bonds. The molecule has 4 rings (SSSR count). The van der Waals surface area contributed by atoms with Gasteiger partial charge in [-0.2, -0.15) is 15.3 Å². The molecule has 2 aliphatic rings. The molecule has 4 heterocycles. The van der Waals surface area contributed by atoms with Gasteiger partial charge in [-0.05, 0) is 30.3 Å². The summed E-state index contributed by atoms with van der Waals surface area (Å²) < 4.78 is 19.5. The van der Waals surface area contributed by atoms with Crippen molar-refractivity contribution in [3.8, 4) is 11.3 Å². The van der Waals surface area contributed by atoms with Crippen LogP contribution in [-0.4, -0.2) is 64.1 Å². The summed E-state index contributed by atoms with van der Waals surface area (Å²) in [7, 11) is 1.60. The van der Waals surface area contributed by atoms with Gasteiger partial charge in [0, 0.05) is 25.9 Å². The number of hydrogen-bond donors (Lipinski definition) is 1. The van der Waals surface area contributed by atoms with Crippen molar-refractivity contribution in [3.63, 3.8) is 0 Å². The van der Waals surface area contributed by atoms with Gasteiger partial charge in [0.25, 0.3) is 5.19 Å². The van der Waals surface area contributed by atoms with Gasteiger partial charge in [0.1, 0.15) is 28.6 Å². The minimum Gasteiger partial charge on any atom is -0.463 e. The number of allylic oxidation sites excluding steroid dienone is 1. The molecule has 0 unspecified atom stereocenters. The molecular formula is C21H21FN8O2S. The lowest BCUT2D eigenvalue weighted by atomic mass is 10.1. The number of nitriles is 1. The van der Waals surface area contributed by atoms with Crippen molar-refractivity contribution in [3.05, 3.63) is 52.2 Å². The Morgan fingerprint density at radius 1 is 1.45 bits per heavy atom. The molecular weight excluding hydrogens is 447 g/mol. The highest BCUT2D eigenvalue weighted by Gasteiger charge is 2.39. The molecule has 12 heteroatoms. The molecule has 2 aliphatic heterocycles. The Labute approximate surface area is 193 Å². The Balaban J connectivity index is 1.39. The van der Waals surface area contributed by atoms with Gasteiger partial charge >= 0.3 is 6.03 Å². The monoisotopic (exact) mass is 468 g/mol. The van der Waals surface area contributed by atoms with Crippen molar-refractivity contribution in [1.29, 1.82) is 5.26 Å². The minimum atomic E-state index is -0.461.